The first-order valence-electron chi connectivity index (χ1n) is 5.47. The summed E-state index contributed by atoms with van der Waals surface area (Å²) >= 11 is 0. The molecule has 1 aliphatic carbocycles. The fourth-order valence-electron chi connectivity index (χ4n) is 1.59. The van der Waals surface area contributed by atoms with E-state index in [0.717, 1.165) is 19.3 Å². The van der Waals surface area contributed by atoms with E-state index < -0.39 is 11.9 Å². The minimum atomic E-state index is -0.871. The number of hydrogen-bond acceptors (Lipinski definition) is 2. The molecule has 0 bridgehead atoms. The van der Waals surface area contributed by atoms with E-state index in [1.54, 1.807) is 13.8 Å². The van der Waals surface area contributed by atoms with Crippen LogP contribution >= 0.6 is 0 Å². The Morgan fingerprint density at radius 2 is 1.93 bits per heavy atom. The highest BCUT2D eigenvalue weighted by molar-refractivity contribution is 5.86. The number of carbonyl (C=O) groups is 2. The molecule has 0 saturated heterocycles. The van der Waals surface area contributed by atoms with Gasteiger partial charge in [0.05, 0.1) is 5.92 Å². The van der Waals surface area contributed by atoms with Gasteiger partial charge in [0.15, 0.2) is 0 Å². The Bertz CT molecular complexity index is 271. The van der Waals surface area contributed by atoms with Crippen molar-refractivity contribution in [2.75, 3.05) is 0 Å². The zero-order valence-electron chi connectivity index (χ0n) is 9.54. The van der Waals surface area contributed by atoms with Gasteiger partial charge in [-0.1, -0.05) is 6.92 Å². The van der Waals surface area contributed by atoms with Crippen LogP contribution in [0.2, 0.25) is 0 Å². The Labute approximate surface area is 90.0 Å². The standard InChI is InChI=1S/C11H19NO3/c1-4-11(5-6-11)10(15)12-8(3)7(2)9(13)14/h7-8H,4-6H2,1-3H3,(H,12,15)(H,13,14). The maximum Gasteiger partial charge on any atom is 0.308 e. The Balaban J connectivity index is 2.48. The van der Waals surface area contributed by atoms with Gasteiger partial charge in [-0.3, -0.25) is 9.59 Å². The van der Waals surface area contributed by atoms with Gasteiger partial charge >= 0.3 is 5.97 Å². The number of aliphatic carboxylic acids is 1. The fourth-order valence-corrected chi connectivity index (χ4v) is 1.59. The molecule has 0 aromatic rings. The monoisotopic (exact) mass is 213 g/mol. The van der Waals surface area contributed by atoms with Crippen LogP contribution in [0.25, 0.3) is 0 Å². The van der Waals surface area contributed by atoms with E-state index in [9.17, 15) is 9.59 Å². The van der Waals surface area contributed by atoms with Crippen molar-refractivity contribution in [3.8, 4) is 0 Å². The molecular formula is C11H19NO3. The van der Waals surface area contributed by atoms with E-state index in [1.165, 1.54) is 0 Å². The lowest BCUT2D eigenvalue weighted by molar-refractivity contribution is -0.142. The zero-order valence-corrected chi connectivity index (χ0v) is 9.54. The third-order valence-corrected chi connectivity index (χ3v) is 3.51. The van der Waals surface area contributed by atoms with Crippen LogP contribution < -0.4 is 5.32 Å². The van der Waals surface area contributed by atoms with Crippen LogP contribution in [0.15, 0.2) is 0 Å². The van der Waals surface area contributed by atoms with Crippen LogP contribution in [0.5, 0.6) is 0 Å². The van der Waals surface area contributed by atoms with Crippen molar-refractivity contribution in [2.45, 2.75) is 46.1 Å². The lowest BCUT2D eigenvalue weighted by atomic mass is 9.99. The zero-order chi connectivity index (χ0) is 11.6. The van der Waals surface area contributed by atoms with E-state index in [4.69, 9.17) is 5.11 Å². The second kappa shape index (κ2) is 4.21. The largest absolute Gasteiger partial charge is 0.481 e. The second-order valence-corrected chi connectivity index (χ2v) is 4.52. The van der Waals surface area contributed by atoms with E-state index in [0.29, 0.717) is 0 Å². The molecule has 0 radical (unpaired) electrons. The third kappa shape index (κ3) is 2.49. The molecule has 2 atom stereocenters. The SMILES string of the molecule is CCC1(C(=O)NC(C)C(C)C(=O)O)CC1. The Morgan fingerprint density at radius 3 is 2.27 bits per heavy atom. The molecule has 0 heterocycles. The number of carboxylic acids is 1. The van der Waals surface area contributed by atoms with Crippen molar-refractivity contribution in [3.05, 3.63) is 0 Å². The molecule has 0 aromatic carbocycles. The van der Waals surface area contributed by atoms with E-state index in [1.807, 2.05) is 6.92 Å². The normalized spacial score (nSPS) is 21.5. The number of carboxylic acid groups (broad SMARTS) is 1. The van der Waals surface area contributed by atoms with Crippen molar-refractivity contribution in [2.24, 2.45) is 11.3 Å². The summed E-state index contributed by atoms with van der Waals surface area (Å²) < 4.78 is 0. The average Bonchev–Trinajstić information content (AvgIpc) is 2.96. The lowest BCUT2D eigenvalue weighted by Gasteiger charge is -2.21. The third-order valence-electron chi connectivity index (χ3n) is 3.51. The molecule has 0 spiro atoms. The second-order valence-electron chi connectivity index (χ2n) is 4.52. The number of hydrogen-bond donors (Lipinski definition) is 2. The first-order valence-corrected chi connectivity index (χ1v) is 5.47. The van der Waals surface area contributed by atoms with Crippen LogP contribution in [0.4, 0.5) is 0 Å². The molecule has 1 rings (SSSR count). The first-order chi connectivity index (χ1) is 6.93. The van der Waals surface area contributed by atoms with Crippen molar-refractivity contribution in [1.29, 1.82) is 0 Å². The summed E-state index contributed by atoms with van der Waals surface area (Å²) in [7, 11) is 0. The average molecular weight is 213 g/mol. The van der Waals surface area contributed by atoms with Crippen molar-refractivity contribution in [3.63, 3.8) is 0 Å². The van der Waals surface area contributed by atoms with Crippen LogP contribution in [-0.2, 0) is 9.59 Å². The summed E-state index contributed by atoms with van der Waals surface area (Å²) in [6, 6.07) is -0.306. The van der Waals surface area contributed by atoms with Crippen molar-refractivity contribution < 1.29 is 14.7 Å². The topological polar surface area (TPSA) is 66.4 Å². The van der Waals surface area contributed by atoms with E-state index >= 15 is 0 Å². The van der Waals surface area contributed by atoms with Crippen molar-refractivity contribution in [1.82, 2.24) is 5.32 Å². The number of nitrogens with one attached hydrogen (secondary N) is 1. The van der Waals surface area contributed by atoms with Crippen LogP contribution in [-0.4, -0.2) is 23.0 Å². The lowest BCUT2D eigenvalue weighted by Crippen LogP contribution is -2.43. The Kier molecular flexibility index (Phi) is 3.37. The minimum Gasteiger partial charge on any atom is -0.481 e. The maximum atomic E-state index is 11.8. The molecule has 1 amide bonds. The van der Waals surface area contributed by atoms with Crippen LogP contribution in [0, 0.1) is 11.3 Å². The molecule has 1 saturated carbocycles. The summed E-state index contributed by atoms with van der Waals surface area (Å²) in [5.74, 6) is -1.39. The van der Waals surface area contributed by atoms with Crippen LogP contribution in [0.3, 0.4) is 0 Å². The fraction of sp³-hybridized carbons (Fsp3) is 0.818. The highest BCUT2D eigenvalue weighted by Gasteiger charge is 2.48. The number of rotatable bonds is 5. The summed E-state index contributed by atoms with van der Waals surface area (Å²) in [5, 5.41) is 11.6. The van der Waals surface area contributed by atoms with Gasteiger partial charge in [0.1, 0.15) is 0 Å². The molecule has 86 valence electrons. The van der Waals surface area contributed by atoms with Gasteiger partial charge in [-0.05, 0) is 33.1 Å². The highest BCUT2D eigenvalue weighted by atomic mass is 16.4. The predicted octanol–water partition coefficient (Wildman–Crippen LogP) is 1.40. The van der Waals surface area contributed by atoms with Gasteiger partial charge in [-0.15, -0.1) is 0 Å². The van der Waals surface area contributed by atoms with Crippen molar-refractivity contribution >= 4 is 11.9 Å². The van der Waals surface area contributed by atoms with Crippen LogP contribution in [0.1, 0.15) is 40.0 Å². The molecular weight excluding hydrogens is 194 g/mol. The Hall–Kier alpha value is -1.06. The number of amides is 1. The summed E-state index contributed by atoms with van der Waals surface area (Å²) in [4.78, 5) is 22.5. The molecule has 0 aliphatic heterocycles. The molecule has 2 unspecified atom stereocenters. The molecule has 1 fully saturated rings. The first kappa shape index (κ1) is 12.0. The minimum absolute atomic E-state index is 0.0191. The molecule has 15 heavy (non-hydrogen) atoms. The number of carbonyl (C=O) groups excluding carboxylic acids is 1. The molecule has 0 aromatic heterocycles. The quantitative estimate of drug-likeness (QED) is 0.725. The Morgan fingerprint density at radius 1 is 1.40 bits per heavy atom. The summed E-state index contributed by atoms with van der Waals surface area (Å²) in [5.41, 5.74) is -0.188. The predicted molar refractivity (Wildman–Crippen MR) is 56.4 cm³/mol. The molecule has 1 aliphatic rings. The van der Waals surface area contributed by atoms with Gasteiger partial charge in [0.25, 0.3) is 0 Å². The van der Waals surface area contributed by atoms with Gasteiger partial charge in [-0.2, -0.15) is 0 Å². The maximum absolute atomic E-state index is 11.8. The smallest absolute Gasteiger partial charge is 0.308 e. The molecule has 4 heteroatoms. The summed E-state index contributed by atoms with van der Waals surface area (Å²) in [6.45, 7) is 5.35. The van der Waals surface area contributed by atoms with E-state index in [2.05, 4.69) is 5.32 Å². The molecule has 4 nitrogen and oxygen atoms in total. The molecule has 2 N–H and O–H groups in total. The summed E-state index contributed by atoms with van der Waals surface area (Å²) in [6.07, 6.45) is 2.71. The van der Waals surface area contributed by atoms with E-state index in [-0.39, 0.29) is 17.4 Å². The van der Waals surface area contributed by atoms with Gasteiger partial charge in [0, 0.05) is 11.5 Å². The van der Waals surface area contributed by atoms with Gasteiger partial charge in [-0.25, -0.2) is 0 Å². The highest BCUT2D eigenvalue weighted by Crippen LogP contribution is 2.48. The van der Waals surface area contributed by atoms with Gasteiger partial charge in [0.2, 0.25) is 5.91 Å². The van der Waals surface area contributed by atoms with Gasteiger partial charge < -0.3 is 10.4 Å².